The van der Waals surface area contributed by atoms with Crippen molar-refractivity contribution in [1.82, 2.24) is 4.98 Å². The van der Waals surface area contributed by atoms with E-state index in [1.165, 1.54) is 23.5 Å². The number of amidine groups is 1. The number of fused-ring (bicyclic) bond motifs is 1. The number of non-ortho nitro benzene ring substituents is 1. The van der Waals surface area contributed by atoms with Crippen molar-refractivity contribution < 1.29 is 4.92 Å². The Labute approximate surface area is 140 Å². The summed E-state index contributed by atoms with van der Waals surface area (Å²) in [5.74, 6) is 0.376. The smallest absolute Gasteiger partial charge is 0.271 e. The molecule has 8 nitrogen and oxygen atoms in total. The summed E-state index contributed by atoms with van der Waals surface area (Å²) in [4.78, 5) is 14.6. The number of benzene rings is 2. The quantitative estimate of drug-likeness (QED) is 0.243. The number of aromatic nitrogens is 1. The zero-order chi connectivity index (χ0) is 16.9. The molecule has 0 fully saturated rings. The normalized spacial score (nSPS) is 12.0. The lowest BCUT2D eigenvalue weighted by Gasteiger charge is -1.99. The van der Waals surface area contributed by atoms with Gasteiger partial charge in [-0.25, -0.2) is 4.98 Å². The van der Waals surface area contributed by atoms with Crippen LogP contribution in [0, 0.1) is 10.1 Å². The standard InChI is InChI=1S/C15H12N6O2S/c1-10(17-19-11-5-4-6-12(9-11)21(22)23)18-20-15-16-13-7-2-3-8-14(13)24-15/h2-9,19H,1H3/b17-10+,20-18?. The number of nitro groups is 1. The molecule has 0 saturated carbocycles. The third kappa shape index (κ3) is 3.76. The van der Waals surface area contributed by atoms with E-state index in [1.54, 1.807) is 19.1 Å². The molecule has 3 aromatic rings. The molecule has 0 unspecified atom stereocenters. The number of hydrogen-bond donors (Lipinski definition) is 1. The number of nitrogens with one attached hydrogen (secondary N) is 1. The lowest BCUT2D eigenvalue weighted by molar-refractivity contribution is -0.384. The molecule has 3 rings (SSSR count). The summed E-state index contributed by atoms with van der Waals surface area (Å²) >= 11 is 1.44. The molecule has 2 aromatic carbocycles. The number of azo groups is 1. The van der Waals surface area contributed by atoms with Crippen LogP contribution in [0.1, 0.15) is 6.92 Å². The zero-order valence-corrected chi connectivity index (χ0v) is 13.4. The summed E-state index contributed by atoms with van der Waals surface area (Å²) in [6.07, 6.45) is 0. The molecule has 0 amide bonds. The van der Waals surface area contributed by atoms with E-state index < -0.39 is 4.92 Å². The first-order valence-corrected chi connectivity index (χ1v) is 7.75. The Morgan fingerprint density at radius 1 is 1.25 bits per heavy atom. The molecule has 1 N–H and O–H groups in total. The van der Waals surface area contributed by atoms with E-state index in [0.717, 1.165) is 10.2 Å². The van der Waals surface area contributed by atoms with Gasteiger partial charge in [0.1, 0.15) is 0 Å². The molecule has 0 aliphatic rings. The molecule has 120 valence electrons. The summed E-state index contributed by atoms with van der Waals surface area (Å²) < 4.78 is 1.04. The van der Waals surface area contributed by atoms with Gasteiger partial charge < -0.3 is 0 Å². The van der Waals surface area contributed by atoms with Crippen LogP contribution in [0.3, 0.4) is 0 Å². The number of thiazole rings is 1. The third-order valence-electron chi connectivity index (χ3n) is 2.97. The second-order valence-electron chi connectivity index (χ2n) is 4.74. The monoisotopic (exact) mass is 340 g/mol. The van der Waals surface area contributed by atoms with Crippen molar-refractivity contribution in [3.8, 4) is 0 Å². The number of anilines is 1. The Morgan fingerprint density at radius 3 is 2.88 bits per heavy atom. The van der Waals surface area contributed by atoms with Crippen LogP contribution in [-0.2, 0) is 0 Å². The molecular weight excluding hydrogens is 328 g/mol. The molecule has 0 radical (unpaired) electrons. The van der Waals surface area contributed by atoms with Crippen LogP contribution in [0.4, 0.5) is 16.5 Å². The predicted octanol–water partition coefficient (Wildman–Crippen LogP) is 4.73. The second-order valence-corrected chi connectivity index (χ2v) is 5.75. The van der Waals surface area contributed by atoms with E-state index in [4.69, 9.17) is 0 Å². The fourth-order valence-electron chi connectivity index (χ4n) is 1.87. The summed E-state index contributed by atoms with van der Waals surface area (Å²) in [5.41, 5.74) is 4.08. The second kappa shape index (κ2) is 6.92. The molecule has 9 heteroatoms. The van der Waals surface area contributed by atoms with Crippen molar-refractivity contribution >= 4 is 43.9 Å². The van der Waals surface area contributed by atoms with Gasteiger partial charge in [-0.05, 0) is 25.1 Å². The lowest BCUT2D eigenvalue weighted by atomic mass is 10.3. The van der Waals surface area contributed by atoms with Crippen LogP contribution in [0.15, 0.2) is 63.9 Å². The molecule has 0 spiro atoms. The lowest BCUT2D eigenvalue weighted by Crippen LogP contribution is -1.95. The summed E-state index contributed by atoms with van der Waals surface area (Å²) in [6, 6.07) is 13.8. The summed E-state index contributed by atoms with van der Waals surface area (Å²) in [7, 11) is 0. The maximum atomic E-state index is 10.7. The van der Waals surface area contributed by atoms with Crippen LogP contribution in [0.25, 0.3) is 10.2 Å². The fourth-order valence-corrected chi connectivity index (χ4v) is 2.66. The summed E-state index contributed by atoms with van der Waals surface area (Å²) in [5, 5.41) is 23.3. The number of hydrazone groups is 1. The highest BCUT2D eigenvalue weighted by molar-refractivity contribution is 7.21. The molecule has 0 aliphatic carbocycles. The van der Waals surface area contributed by atoms with Gasteiger partial charge in [0.05, 0.1) is 20.8 Å². The largest absolute Gasteiger partial charge is 0.276 e. The van der Waals surface area contributed by atoms with Gasteiger partial charge in [-0.3, -0.25) is 15.5 Å². The number of rotatable bonds is 4. The molecule has 1 heterocycles. The van der Waals surface area contributed by atoms with Crippen LogP contribution in [-0.4, -0.2) is 15.7 Å². The number of nitro benzene ring substituents is 1. The van der Waals surface area contributed by atoms with Gasteiger partial charge in [-0.1, -0.05) is 29.5 Å². The van der Waals surface area contributed by atoms with Gasteiger partial charge in [-0.2, -0.15) is 5.10 Å². The van der Waals surface area contributed by atoms with Crippen molar-refractivity contribution in [3.05, 3.63) is 58.6 Å². The van der Waals surface area contributed by atoms with Crippen LogP contribution < -0.4 is 5.43 Å². The van der Waals surface area contributed by atoms with Crippen LogP contribution >= 0.6 is 11.3 Å². The van der Waals surface area contributed by atoms with E-state index >= 15 is 0 Å². The maximum absolute atomic E-state index is 10.7. The van der Waals surface area contributed by atoms with Crippen LogP contribution in [0.2, 0.25) is 0 Å². The Bertz CT molecular complexity index is 917. The number of para-hydroxylation sites is 1. The first-order chi connectivity index (χ1) is 11.6. The van der Waals surface area contributed by atoms with E-state index in [9.17, 15) is 10.1 Å². The zero-order valence-electron chi connectivity index (χ0n) is 12.6. The molecule has 0 atom stereocenters. The van der Waals surface area contributed by atoms with E-state index in [-0.39, 0.29) is 5.69 Å². The van der Waals surface area contributed by atoms with Crippen molar-refractivity contribution in [2.24, 2.45) is 15.3 Å². The maximum Gasteiger partial charge on any atom is 0.271 e. The molecule has 24 heavy (non-hydrogen) atoms. The first-order valence-electron chi connectivity index (χ1n) is 6.94. The Morgan fingerprint density at radius 2 is 2.08 bits per heavy atom. The van der Waals surface area contributed by atoms with Gasteiger partial charge in [0, 0.05) is 12.1 Å². The fraction of sp³-hybridized carbons (Fsp3) is 0.0667. The molecule has 0 aliphatic heterocycles. The van der Waals surface area contributed by atoms with Gasteiger partial charge >= 0.3 is 0 Å². The predicted molar refractivity (Wildman–Crippen MR) is 94.0 cm³/mol. The minimum atomic E-state index is -0.464. The van der Waals surface area contributed by atoms with E-state index in [1.807, 2.05) is 24.3 Å². The van der Waals surface area contributed by atoms with Crippen molar-refractivity contribution in [3.63, 3.8) is 0 Å². The molecule has 1 aromatic heterocycles. The highest BCUT2D eigenvalue weighted by atomic mass is 32.1. The minimum Gasteiger partial charge on any atom is -0.276 e. The van der Waals surface area contributed by atoms with Gasteiger partial charge in [0.2, 0.25) is 5.13 Å². The molecule has 0 saturated heterocycles. The Kier molecular flexibility index (Phi) is 4.52. The Balaban J connectivity index is 1.69. The molecule has 0 bridgehead atoms. The SMILES string of the molecule is C/C(N=Nc1nc2ccccc2s1)=N\Nc1cccc([N+](=O)[O-])c1. The first kappa shape index (κ1) is 15.7. The number of hydrogen-bond acceptors (Lipinski definition) is 7. The van der Waals surface area contributed by atoms with Gasteiger partial charge in [0.25, 0.3) is 5.69 Å². The average molecular weight is 340 g/mol. The molecular formula is C15H12N6O2S. The third-order valence-corrected chi connectivity index (χ3v) is 3.89. The van der Waals surface area contributed by atoms with Crippen LogP contribution in [0.5, 0.6) is 0 Å². The Hall–Kier alpha value is -3.20. The van der Waals surface area contributed by atoms with E-state index in [2.05, 4.69) is 25.7 Å². The highest BCUT2D eigenvalue weighted by Crippen LogP contribution is 2.27. The van der Waals surface area contributed by atoms with Crippen molar-refractivity contribution in [2.45, 2.75) is 6.92 Å². The number of nitrogens with zero attached hydrogens (tertiary/aromatic N) is 5. The minimum absolute atomic E-state index is 0.0102. The summed E-state index contributed by atoms with van der Waals surface area (Å²) in [6.45, 7) is 1.67. The van der Waals surface area contributed by atoms with E-state index in [0.29, 0.717) is 16.7 Å². The van der Waals surface area contributed by atoms with Crippen molar-refractivity contribution in [2.75, 3.05) is 5.43 Å². The van der Waals surface area contributed by atoms with Gasteiger partial charge in [0.15, 0.2) is 5.84 Å². The van der Waals surface area contributed by atoms with Gasteiger partial charge in [-0.15, -0.1) is 10.2 Å². The topological polar surface area (TPSA) is 105 Å². The average Bonchev–Trinajstić information content (AvgIpc) is 3.01. The van der Waals surface area contributed by atoms with Crippen molar-refractivity contribution in [1.29, 1.82) is 0 Å². The highest BCUT2D eigenvalue weighted by Gasteiger charge is 2.05.